The average Bonchev–Trinajstić information content (AvgIpc) is 2.46. The van der Waals surface area contributed by atoms with Gasteiger partial charge in [0, 0.05) is 12.6 Å². The molecule has 2 rings (SSSR count). The van der Waals surface area contributed by atoms with E-state index in [-0.39, 0.29) is 11.9 Å². The van der Waals surface area contributed by atoms with Gasteiger partial charge in [-0.25, -0.2) is 0 Å². The number of para-hydroxylation sites is 1. The lowest BCUT2D eigenvalue weighted by Gasteiger charge is -2.28. The van der Waals surface area contributed by atoms with Crippen molar-refractivity contribution in [2.75, 3.05) is 26.3 Å². The van der Waals surface area contributed by atoms with Crippen molar-refractivity contribution in [3.8, 4) is 11.5 Å². The Kier molecular flexibility index (Phi) is 4.84. The van der Waals surface area contributed by atoms with Crippen LogP contribution in [-0.4, -0.2) is 43.2 Å². The molecule has 0 radical (unpaired) electrons. The maximum atomic E-state index is 12.7. The van der Waals surface area contributed by atoms with Gasteiger partial charge in [-0.2, -0.15) is 0 Å². The minimum absolute atomic E-state index is 0.0317. The quantitative estimate of drug-likeness (QED) is 0.889. The zero-order valence-corrected chi connectivity index (χ0v) is 12.1. The Balaban J connectivity index is 2.27. The fourth-order valence-electron chi connectivity index (χ4n) is 2.25. The minimum Gasteiger partial charge on any atom is -0.486 e. The average molecular weight is 278 g/mol. The molecule has 5 nitrogen and oxygen atoms in total. The molecule has 0 atom stereocenters. The molecule has 0 unspecified atom stereocenters. The molecule has 1 aromatic carbocycles. The van der Waals surface area contributed by atoms with Crippen LogP contribution < -0.4 is 15.2 Å². The number of nitrogens with two attached hydrogens (primary N) is 1. The van der Waals surface area contributed by atoms with E-state index in [2.05, 4.69) is 0 Å². The molecule has 2 N–H and O–H groups in total. The van der Waals surface area contributed by atoms with E-state index in [1.54, 1.807) is 6.07 Å². The Morgan fingerprint density at radius 2 is 2.10 bits per heavy atom. The molecule has 0 aromatic heterocycles. The molecule has 1 heterocycles. The number of carbonyl (C=O) groups is 1. The summed E-state index contributed by atoms with van der Waals surface area (Å²) in [5.74, 6) is 1.17. The minimum atomic E-state index is -0.0317. The molecule has 0 spiro atoms. The van der Waals surface area contributed by atoms with Crippen LogP contribution in [0.5, 0.6) is 11.5 Å². The van der Waals surface area contributed by atoms with E-state index in [0.29, 0.717) is 43.4 Å². The van der Waals surface area contributed by atoms with E-state index in [1.165, 1.54) is 0 Å². The van der Waals surface area contributed by atoms with Crippen LogP contribution in [0.1, 0.15) is 30.6 Å². The molecule has 0 bridgehead atoms. The van der Waals surface area contributed by atoms with Crippen molar-refractivity contribution in [3.05, 3.63) is 23.8 Å². The number of hydrogen-bond donors (Lipinski definition) is 1. The van der Waals surface area contributed by atoms with Gasteiger partial charge in [0.05, 0.1) is 5.56 Å². The molecule has 1 aliphatic rings. The van der Waals surface area contributed by atoms with Crippen LogP contribution in [0, 0.1) is 0 Å². The summed E-state index contributed by atoms with van der Waals surface area (Å²) in [4.78, 5) is 14.5. The van der Waals surface area contributed by atoms with Crippen molar-refractivity contribution in [1.82, 2.24) is 4.90 Å². The lowest BCUT2D eigenvalue weighted by molar-refractivity contribution is 0.0694. The summed E-state index contributed by atoms with van der Waals surface area (Å²) in [6.45, 7) is 6.22. The maximum Gasteiger partial charge on any atom is 0.257 e. The predicted octanol–water partition coefficient (Wildman–Crippen LogP) is 1.66. The van der Waals surface area contributed by atoms with Gasteiger partial charge in [0.1, 0.15) is 13.2 Å². The SMILES string of the molecule is CC(C)N(CCCN)C(=O)c1cccc2c1OCCO2. The second-order valence-electron chi connectivity index (χ2n) is 5.06. The smallest absolute Gasteiger partial charge is 0.257 e. The van der Waals surface area contributed by atoms with Crippen molar-refractivity contribution < 1.29 is 14.3 Å². The van der Waals surface area contributed by atoms with E-state index in [4.69, 9.17) is 15.2 Å². The first-order valence-electron chi connectivity index (χ1n) is 7.04. The number of carbonyl (C=O) groups excluding carboxylic acids is 1. The highest BCUT2D eigenvalue weighted by Crippen LogP contribution is 2.34. The van der Waals surface area contributed by atoms with E-state index >= 15 is 0 Å². The van der Waals surface area contributed by atoms with Gasteiger partial charge in [-0.05, 0) is 38.9 Å². The highest BCUT2D eigenvalue weighted by atomic mass is 16.6. The number of benzene rings is 1. The monoisotopic (exact) mass is 278 g/mol. The summed E-state index contributed by atoms with van der Waals surface area (Å²) in [5.41, 5.74) is 6.11. The van der Waals surface area contributed by atoms with Crippen LogP contribution in [0.15, 0.2) is 18.2 Å². The van der Waals surface area contributed by atoms with Gasteiger partial charge in [-0.3, -0.25) is 4.79 Å². The van der Waals surface area contributed by atoms with Crippen molar-refractivity contribution in [1.29, 1.82) is 0 Å². The lowest BCUT2D eigenvalue weighted by atomic mass is 10.1. The first kappa shape index (κ1) is 14.7. The molecular weight excluding hydrogens is 256 g/mol. The first-order valence-corrected chi connectivity index (χ1v) is 7.04. The van der Waals surface area contributed by atoms with Crippen molar-refractivity contribution in [2.45, 2.75) is 26.3 Å². The van der Waals surface area contributed by atoms with E-state index in [1.807, 2.05) is 30.9 Å². The largest absolute Gasteiger partial charge is 0.486 e. The molecule has 1 amide bonds. The second-order valence-corrected chi connectivity index (χ2v) is 5.06. The van der Waals surface area contributed by atoms with Crippen LogP contribution in [-0.2, 0) is 0 Å². The Bertz CT molecular complexity index is 474. The van der Waals surface area contributed by atoms with E-state index < -0.39 is 0 Å². The lowest BCUT2D eigenvalue weighted by Crippen LogP contribution is -2.38. The third-order valence-electron chi connectivity index (χ3n) is 3.28. The molecule has 20 heavy (non-hydrogen) atoms. The highest BCUT2D eigenvalue weighted by molar-refractivity contribution is 5.98. The number of hydrogen-bond acceptors (Lipinski definition) is 4. The molecule has 0 saturated carbocycles. The molecule has 0 aliphatic carbocycles. The Morgan fingerprint density at radius 1 is 1.35 bits per heavy atom. The van der Waals surface area contributed by atoms with Crippen LogP contribution in [0.3, 0.4) is 0 Å². The third kappa shape index (κ3) is 3.04. The van der Waals surface area contributed by atoms with Crippen LogP contribution in [0.4, 0.5) is 0 Å². The molecule has 0 fully saturated rings. The Morgan fingerprint density at radius 3 is 2.80 bits per heavy atom. The molecule has 1 aromatic rings. The van der Waals surface area contributed by atoms with Gasteiger partial charge in [-0.15, -0.1) is 0 Å². The number of amides is 1. The summed E-state index contributed by atoms with van der Waals surface area (Å²) in [5, 5.41) is 0. The molecular formula is C15H22N2O3. The second kappa shape index (κ2) is 6.61. The summed E-state index contributed by atoms with van der Waals surface area (Å²) in [6.07, 6.45) is 0.788. The van der Waals surface area contributed by atoms with Crippen LogP contribution in [0.2, 0.25) is 0 Å². The summed E-state index contributed by atoms with van der Waals surface area (Å²) in [7, 11) is 0. The van der Waals surface area contributed by atoms with Gasteiger partial charge >= 0.3 is 0 Å². The summed E-state index contributed by atoms with van der Waals surface area (Å²) in [6, 6.07) is 5.55. The van der Waals surface area contributed by atoms with Crippen molar-refractivity contribution in [3.63, 3.8) is 0 Å². The van der Waals surface area contributed by atoms with Gasteiger partial charge in [-0.1, -0.05) is 6.07 Å². The summed E-state index contributed by atoms with van der Waals surface area (Å²) < 4.78 is 11.1. The molecule has 5 heteroatoms. The van der Waals surface area contributed by atoms with Gasteiger partial charge in [0.2, 0.25) is 0 Å². The van der Waals surface area contributed by atoms with Gasteiger partial charge < -0.3 is 20.1 Å². The number of nitrogens with zero attached hydrogens (tertiary/aromatic N) is 1. The fraction of sp³-hybridized carbons (Fsp3) is 0.533. The van der Waals surface area contributed by atoms with Crippen molar-refractivity contribution in [2.24, 2.45) is 5.73 Å². The standard InChI is InChI=1S/C15H22N2O3/c1-11(2)17(8-4-7-16)15(18)12-5-3-6-13-14(12)20-10-9-19-13/h3,5-6,11H,4,7-10,16H2,1-2H3. The zero-order valence-electron chi connectivity index (χ0n) is 12.1. The molecule has 0 saturated heterocycles. The molecule has 110 valence electrons. The topological polar surface area (TPSA) is 64.8 Å². The van der Waals surface area contributed by atoms with Crippen molar-refractivity contribution >= 4 is 5.91 Å². The predicted molar refractivity (Wildman–Crippen MR) is 77.3 cm³/mol. The van der Waals surface area contributed by atoms with Crippen LogP contribution in [0.25, 0.3) is 0 Å². The number of rotatable bonds is 5. The van der Waals surface area contributed by atoms with Gasteiger partial charge in [0.15, 0.2) is 11.5 Å². The number of fused-ring (bicyclic) bond motifs is 1. The van der Waals surface area contributed by atoms with Gasteiger partial charge in [0.25, 0.3) is 5.91 Å². The molecule has 1 aliphatic heterocycles. The highest BCUT2D eigenvalue weighted by Gasteiger charge is 2.25. The number of ether oxygens (including phenoxy) is 2. The van der Waals surface area contributed by atoms with E-state index in [9.17, 15) is 4.79 Å². The normalized spacial score (nSPS) is 13.4. The Labute approximate surface area is 119 Å². The zero-order chi connectivity index (χ0) is 14.5. The fourth-order valence-corrected chi connectivity index (χ4v) is 2.25. The first-order chi connectivity index (χ1) is 9.65. The van der Waals surface area contributed by atoms with Crippen LogP contribution >= 0.6 is 0 Å². The maximum absolute atomic E-state index is 12.7. The summed E-state index contributed by atoms with van der Waals surface area (Å²) >= 11 is 0. The third-order valence-corrected chi connectivity index (χ3v) is 3.28. The Hall–Kier alpha value is -1.75. The van der Waals surface area contributed by atoms with E-state index in [0.717, 1.165) is 6.42 Å².